The number of rotatable bonds is 4. The van der Waals surface area contributed by atoms with Crippen molar-refractivity contribution in [2.45, 2.75) is 50.2 Å². The topological polar surface area (TPSA) is 165 Å². The van der Waals surface area contributed by atoms with Crippen molar-refractivity contribution < 1.29 is 34.8 Å². The van der Waals surface area contributed by atoms with E-state index >= 15 is 0 Å². The lowest BCUT2D eigenvalue weighted by atomic mass is 9.58. The number of hydrogen-bond acceptors (Lipinski definition) is 9. The molecule has 0 aromatic heterocycles. The second-order valence-corrected chi connectivity index (χ2v) is 13.3. The summed E-state index contributed by atoms with van der Waals surface area (Å²) in [6, 6.07) is 8.51. The number of aliphatic hydroxyl groups excluding tert-OH is 2. The van der Waals surface area contributed by atoms with Crippen molar-refractivity contribution in [2.24, 2.45) is 17.6 Å². The fourth-order valence-corrected chi connectivity index (χ4v) is 7.71. The molecule has 0 saturated carbocycles. The van der Waals surface area contributed by atoms with Crippen molar-refractivity contribution in [3.8, 4) is 28.7 Å². The van der Waals surface area contributed by atoms with Crippen molar-refractivity contribution in [2.75, 3.05) is 33.1 Å². The first kappa shape index (κ1) is 32.1. The zero-order chi connectivity index (χ0) is 33.9. The molecule has 1 unspecified atom stereocenters. The van der Waals surface area contributed by atoms with Gasteiger partial charge in [-0.15, -0.1) is 0 Å². The molecule has 0 aliphatic heterocycles. The molecule has 10 heteroatoms. The number of hydrogen-bond donors (Lipinski definition) is 5. The number of carbonyl (C=O) groups is 3. The van der Waals surface area contributed by atoms with Crippen LogP contribution in [0.15, 0.2) is 64.6 Å². The molecule has 6 rings (SSSR count). The Bertz CT molecular complexity index is 1870. The molecule has 2 aromatic rings. The second kappa shape index (κ2) is 11.7. The molecule has 2 aromatic carbocycles. The minimum atomic E-state index is -2.70. The van der Waals surface area contributed by atoms with Gasteiger partial charge in [0.15, 0.2) is 11.4 Å². The van der Waals surface area contributed by atoms with Gasteiger partial charge in [-0.2, -0.15) is 0 Å². The van der Waals surface area contributed by atoms with Crippen LogP contribution in [0.25, 0.3) is 11.1 Å². The van der Waals surface area contributed by atoms with Gasteiger partial charge in [-0.05, 0) is 99.0 Å². The lowest BCUT2D eigenvalue weighted by Crippen LogP contribution is -2.63. The number of phenols is 1. The first-order valence-electron chi connectivity index (χ1n) is 15.8. The monoisotopic (exact) mass is 637 g/mol. The maximum Gasteiger partial charge on any atom is 0.255 e. The molecule has 0 spiro atoms. The van der Waals surface area contributed by atoms with Crippen LogP contribution in [0.1, 0.15) is 53.6 Å². The number of amides is 1. The Morgan fingerprint density at radius 1 is 1.02 bits per heavy atom. The third kappa shape index (κ3) is 5.01. The maximum atomic E-state index is 14.5. The predicted molar refractivity (Wildman–Crippen MR) is 177 cm³/mol. The molecular weight excluding hydrogens is 598 g/mol. The molecule has 0 radical (unpaired) electrons. The van der Waals surface area contributed by atoms with Crippen molar-refractivity contribution in [1.29, 1.82) is 0 Å². The van der Waals surface area contributed by atoms with Crippen LogP contribution in [0.2, 0.25) is 0 Å². The van der Waals surface area contributed by atoms with Gasteiger partial charge >= 0.3 is 0 Å². The van der Waals surface area contributed by atoms with Crippen LogP contribution < -0.4 is 10.6 Å². The fourth-order valence-electron chi connectivity index (χ4n) is 7.71. The number of fused-ring (bicyclic) bond motifs is 3. The van der Waals surface area contributed by atoms with E-state index in [9.17, 15) is 34.8 Å². The molecule has 1 amide bonds. The van der Waals surface area contributed by atoms with Crippen LogP contribution in [0.5, 0.6) is 5.75 Å². The van der Waals surface area contributed by atoms with Crippen molar-refractivity contribution in [3.05, 3.63) is 81.3 Å². The molecule has 47 heavy (non-hydrogen) atoms. The van der Waals surface area contributed by atoms with Crippen LogP contribution in [-0.4, -0.2) is 82.6 Å². The number of aliphatic hydroxyl groups is 3. The highest BCUT2D eigenvalue weighted by Gasteiger charge is 2.63. The molecular formula is C37H39N3O7. The Morgan fingerprint density at radius 3 is 2.32 bits per heavy atom. The average Bonchev–Trinajstić information content (AvgIpc) is 3.02. The summed E-state index contributed by atoms with van der Waals surface area (Å²) < 4.78 is 0. The van der Waals surface area contributed by atoms with E-state index in [4.69, 9.17) is 5.73 Å². The quantitative estimate of drug-likeness (QED) is 0.248. The summed E-state index contributed by atoms with van der Waals surface area (Å²) in [4.78, 5) is 43.9. The van der Waals surface area contributed by atoms with Crippen LogP contribution in [-0.2, 0) is 16.0 Å². The van der Waals surface area contributed by atoms with Crippen molar-refractivity contribution in [1.82, 2.24) is 4.90 Å². The summed E-state index contributed by atoms with van der Waals surface area (Å²) in [5.41, 5.74) is 5.90. The number of benzene rings is 2. The zero-order valence-corrected chi connectivity index (χ0v) is 26.9. The molecule has 0 bridgehead atoms. The van der Waals surface area contributed by atoms with Gasteiger partial charge in [0.1, 0.15) is 22.8 Å². The van der Waals surface area contributed by atoms with Gasteiger partial charge in [-0.1, -0.05) is 30.0 Å². The van der Waals surface area contributed by atoms with E-state index in [1.165, 1.54) is 4.90 Å². The summed E-state index contributed by atoms with van der Waals surface area (Å²) in [6.07, 6.45) is 6.16. The van der Waals surface area contributed by atoms with E-state index in [0.29, 0.717) is 11.1 Å². The Labute approximate surface area is 273 Å². The van der Waals surface area contributed by atoms with Crippen molar-refractivity contribution in [3.63, 3.8) is 0 Å². The number of anilines is 1. The maximum absolute atomic E-state index is 14.5. The van der Waals surface area contributed by atoms with Gasteiger partial charge in [0.05, 0.1) is 17.2 Å². The number of nitrogens with zero attached hydrogens (tertiary/aromatic N) is 2. The molecule has 0 saturated heterocycles. The number of ketones is 2. The van der Waals surface area contributed by atoms with Crippen molar-refractivity contribution >= 4 is 23.2 Å². The number of primary amides is 1. The van der Waals surface area contributed by atoms with Gasteiger partial charge < -0.3 is 31.1 Å². The van der Waals surface area contributed by atoms with E-state index in [1.807, 2.05) is 43.3 Å². The molecule has 0 fully saturated rings. The van der Waals surface area contributed by atoms with Crippen LogP contribution in [0, 0.1) is 23.7 Å². The van der Waals surface area contributed by atoms with E-state index in [-0.39, 0.29) is 35.3 Å². The van der Waals surface area contributed by atoms with Gasteiger partial charge in [-0.25, -0.2) is 0 Å². The van der Waals surface area contributed by atoms with Crippen LogP contribution in [0.3, 0.4) is 0 Å². The number of nitrogens with two attached hydrogens (primary N) is 1. The van der Waals surface area contributed by atoms with Crippen LogP contribution in [0.4, 0.5) is 5.69 Å². The molecule has 4 aliphatic rings. The molecule has 4 atom stereocenters. The Balaban J connectivity index is 1.56. The highest BCUT2D eigenvalue weighted by atomic mass is 16.3. The fraction of sp³-hybridized carbons (Fsp3) is 0.378. The SMILES string of the molecule is CN(C)c1ccc(-c2cc(C#CC3=CCCCC3)c(O)c3c2C[C@H]2C[C@H]4C(N(C)C)C(O)=C(C(N)=O)C(=O)[C@@]4(O)C(O)=C2C3=O)cc1. The Kier molecular flexibility index (Phi) is 8.02. The van der Waals surface area contributed by atoms with Gasteiger partial charge in [-0.3, -0.25) is 19.3 Å². The number of Topliss-reactive ketones (excluding diaryl/α,β-unsaturated/α-hetero) is 2. The number of carbonyl (C=O) groups excluding carboxylic acids is 3. The summed E-state index contributed by atoms with van der Waals surface area (Å²) in [5, 5.41) is 46.3. The number of aromatic hydroxyl groups is 1. The minimum Gasteiger partial charge on any atom is -0.510 e. The normalized spacial score (nSPS) is 25.4. The number of likely N-dealkylation sites (N-methyl/N-ethyl adjacent to an activating group) is 1. The van der Waals surface area contributed by atoms with E-state index in [0.717, 1.165) is 42.5 Å². The number of allylic oxidation sites excluding steroid dienone is 3. The zero-order valence-electron chi connectivity index (χ0n) is 26.9. The first-order chi connectivity index (χ1) is 22.3. The average molecular weight is 638 g/mol. The van der Waals surface area contributed by atoms with Gasteiger partial charge in [0.2, 0.25) is 5.78 Å². The van der Waals surface area contributed by atoms with E-state index in [2.05, 4.69) is 17.9 Å². The smallest absolute Gasteiger partial charge is 0.255 e. The van der Waals surface area contributed by atoms with Crippen LogP contribution >= 0.6 is 0 Å². The highest BCUT2D eigenvalue weighted by Crippen LogP contribution is 2.53. The third-order valence-electron chi connectivity index (χ3n) is 10.1. The van der Waals surface area contributed by atoms with Gasteiger partial charge in [0.25, 0.3) is 5.91 Å². The molecule has 10 nitrogen and oxygen atoms in total. The number of phenolic OH excluding ortho intramolecular Hbond substituents is 1. The Hall–Kier alpha value is -4.85. The van der Waals surface area contributed by atoms with Gasteiger partial charge in [0, 0.05) is 31.3 Å². The standard InChI is InChI=1S/C37H39N3O7/c1-39(2)23-14-12-20(13-15-23)24-16-21(11-10-19-8-6-5-7-9-19)31(41)28-25(24)17-22-18-26-30(40(3)4)33(43)29(36(38)46)35(45)37(26,47)34(44)27(22)32(28)42/h8,12-16,22,26,30,41,43-44,47H,5-7,9,17-18H2,1-4H3,(H2,38,46)/t22-,26-,30?,37-/m0/s1. The summed E-state index contributed by atoms with van der Waals surface area (Å²) in [7, 11) is 7.08. The summed E-state index contributed by atoms with van der Waals surface area (Å²) >= 11 is 0. The second-order valence-electron chi connectivity index (χ2n) is 13.3. The largest absolute Gasteiger partial charge is 0.510 e. The molecule has 6 N–H and O–H groups in total. The summed E-state index contributed by atoms with van der Waals surface area (Å²) in [5.74, 6) is -0.630. The van der Waals surface area contributed by atoms with E-state index < -0.39 is 58.0 Å². The third-order valence-corrected chi connectivity index (χ3v) is 10.1. The minimum absolute atomic E-state index is 0.0151. The molecule has 244 valence electrons. The molecule has 0 heterocycles. The Morgan fingerprint density at radius 2 is 1.72 bits per heavy atom. The highest BCUT2D eigenvalue weighted by molar-refractivity contribution is 6.25. The summed E-state index contributed by atoms with van der Waals surface area (Å²) in [6.45, 7) is 0. The predicted octanol–water partition coefficient (Wildman–Crippen LogP) is 3.71. The molecule has 4 aliphatic carbocycles. The first-order valence-corrected chi connectivity index (χ1v) is 15.8. The lowest BCUT2D eigenvalue weighted by Gasteiger charge is -2.50. The van der Waals surface area contributed by atoms with E-state index in [1.54, 1.807) is 20.2 Å². The lowest BCUT2D eigenvalue weighted by molar-refractivity contribution is -0.148.